The number of allylic oxidation sites excluding steroid dienone is 5. The van der Waals surface area contributed by atoms with E-state index >= 15 is 0 Å². The van der Waals surface area contributed by atoms with Crippen molar-refractivity contribution < 1.29 is 9.47 Å². The first-order valence-electron chi connectivity index (χ1n) is 15.4. The van der Waals surface area contributed by atoms with Crippen LogP contribution < -0.4 is 14.8 Å². The fraction of sp³-hybridized carbons (Fsp3) is 0.0750. The van der Waals surface area contributed by atoms with E-state index in [2.05, 4.69) is 88.8 Å². The third kappa shape index (κ3) is 4.27. The van der Waals surface area contributed by atoms with Crippen LogP contribution in [-0.2, 0) is 0 Å². The third-order valence-electron chi connectivity index (χ3n) is 8.91. The Labute approximate surface area is 261 Å². The lowest BCUT2D eigenvalue weighted by Gasteiger charge is -2.26. The summed E-state index contributed by atoms with van der Waals surface area (Å²) in [5, 5.41) is 5.60. The zero-order chi connectivity index (χ0) is 29.7. The standard InChI is InChI=1S/C40H29N3O2/c1-4-12-35-29(8-1)34-11-7-21-42-40(34)43(35)28-16-18-33-32-17-15-27(26-19-22-41-23-20-26)24-38(32)44-36-13-5-2-9-30(36)31-10-3-6-14-37(31)45-39(33)25-28/h1-15,17,19-22,24-25,41H,16,18,23H2. The van der Waals surface area contributed by atoms with Crippen molar-refractivity contribution in [1.29, 1.82) is 0 Å². The van der Waals surface area contributed by atoms with Crippen LogP contribution in [0.25, 0.3) is 49.9 Å². The van der Waals surface area contributed by atoms with Gasteiger partial charge in [-0.05, 0) is 72.7 Å². The van der Waals surface area contributed by atoms with E-state index in [-0.39, 0.29) is 0 Å². The summed E-state index contributed by atoms with van der Waals surface area (Å²) in [5.74, 6) is 3.24. The lowest BCUT2D eigenvalue weighted by Crippen LogP contribution is -2.11. The number of hydrogen-bond donors (Lipinski definition) is 1. The van der Waals surface area contributed by atoms with Crippen LogP contribution in [0.4, 0.5) is 0 Å². The Balaban J connectivity index is 1.29. The van der Waals surface area contributed by atoms with E-state index in [4.69, 9.17) is 14.5 Å². The molecule has 0 saturated heterocycles. The van der Waals surface area contributed by atoms with Crippen LogP contribution in [0.2, 0.25) is 0 Å². The molecular formula is C40H29N3O2. The van der Waals surface area contributed by atoms with Crippen molar-refractivity contribution in [2.75, 3.05) is 6.54 Å². The van der Waals surface area contributed by atoms with Crippen molar-refractivity contribution >= 4 is 38.8 Å². The molecule has 45 heavy (non-hydrogen) atoms. The molecule has 1 aliphatic carbocycles. The molecule has 4 heterocycles. The Bertz CT molecular complexity index is 2230. The molecular weight excluding hydrogens is 554 g/mol. The van der Waals surface area contributed by atoms with Crippen molar-refractivity contribution in [3.05, 3.63) is 151 Å². The van der Waals surface area contributed by atoms with E-state index in [0.29, 0.717) is 0 Å². The summed E-state index contributed by atoms with van der Waals surface area (Å²) < 4.78 is 16.1. The summed E-state index contributed by atoms with van der Waals surface area (Å²) in [6.07, 6.45) is 12.0. The van der Waals surface area contributed by atoms with Crippen molar-refractivity contribution in [2.45, 2.75) is 12.8 Å². The van der Waals surface area contributed by atoms with Crippen LogP contribution in [-0.4, -0.2) is 16.1 Å². The van der Waals surface area contributed by atoms with Gasteiger partial charge in [-0.25, -0.2) is 4.98 Å². The van der Waals surface area contributed by atoms with Gasteiger partial charge in [0.2, 0.25) is 0 Å². The number of para-hydroxylation sites is 3. The summed E-state index contributed by atoms with van der Waals surface area (Å²) in [7, 11) is 0. The quantitative estimate of drug-likeness (QED) is 0.221. The average Bonchev–Trinajstić information content (AvgIpc) is 3.44. The van der Waals surface area contributed by atoms with Gasteiger partial charge in [-0.3, -0.25) is 4.57 Å². The van der Waals surface area contributed by atoms with Crippen LogP contribution in [0.15, 0.2) is 140 Å². The molecule has 0 saturated carbocycles. The molecule has 0 fully saturated rings. The maximum atomic E-state index is 6.97. The van der Waals surface area contributed by atoms with Crippen LogP contribution in [0.5, 0.6) is 17.2 Å². The topological polar surface area (TPSA) is 48.3 Å². The molecule has 0 atom stereocenters. The van der Waals surface area contributed by atoms with Crippen molar-refractivity contribution in [3.8, 4) is 28.4 Å². The van der Waals surface area contributed by atoms with E-state index < -0.39 is 0 Å². The second-order valence-electron chi connectivity index (χ2n) is 11.5. The minimum atomic E-state index is 0.786. The fourth-order valence-corrected chi connectivity index (χ4v) is 6.80. The molecule has 0 bridgehead atoms. The summed E-state index contributed by atoms with van der Waals surface area (Å²) >= 11 is 0. The monoisotopic (exact) mass is 583 g/mol. The van der Waals surface area contributed by atoms with Gasteiger partial charge in [-0.15, -0.1) is 0 Å². The van der Waals surface area contributed by atoms with Crippen molar-refractivity contribution in [1.82, 2.24) is 14.9 Å². The van der Waals surface area contributed by atoms with E-state index in [1.807, 2.05) is 54.9 Å². The summed E-state index contributed by atoms with van der Waals surface area (Å²) in [6, 6.07) is 35.7. The van der Waals surface area contributed by atoms with Gasteiger partial charge in [-0.2, -0.15) is 0 Å². The van der Waals surface area contributed by atoms with E-state index in [1.54, 1.807) is 0 Å². The molecule has 5 heteroatoms. The van der Waals surface area contributed by atoms with E-state index in [0.717, 1.165) is 92.5 Å². The van der Waals surface area contributed by atoms with E-state index in [1.165, 1.54) is 11.0 Å². The molecule has 4 aromatic carbocycles. The lowest BCUT2D eigenvalue weighted by molar-refractivity contribution is 0.440. The number of hydrogen-bond acceptors (Lipinski definition) is 4. The Kier molecular flexibility index (Phi) is 5.94. The van der Waals surface area contributed by atoms with Crippen LogP contribution in [0.3, 0.4) is 0 Å². The predicted octanol–water partition coefficient (Wildman–Crippen LogP) is 9.59. The second-order valence-corrected chi connectivity index (χ2v) is 11.5. The average molecular weight is 584 g/mol. The first-order chi connectivity index (χ1) is 22.3. The van der Waals surface area contributed by atoms with Crippen LogP contribution >= 0.6 is 0 Å². The number of benzene rings is 4. The molecule has 9 rings (SSSR count). The zero-order valence-corrected chi connectivity index (χ0v) is 24.5. The number of nitrogens with zero attached hydrogens (tertiary/aromatic N) is 2. The van der Waals surface area contributed by atoms with Gasteiger partial charge < -0.3 is 14.8 Å². The first kappa shape index (κ1) is 25.7. The smallest absolute Gasteiger partial charge is 0.145 e. The fourth-order valence-electron chi connectivity index (χ4n) is 6.80. The molecule has 0 spiro atoms. The second kappa shape index (κ2) is 10.4. The number of dihydropyridines is 1. The van der Waals surface area contributed by atoms with Gasteiger partial charge in [0.1, 0.15) is 28.7 Å². The van der Waals surface area contributed by atoms with Gasteiger partial charge in [0, 0.05) is 57.6 Å². The highest BCUT2D eigenvalue weighted by Crippen LogP contribution is 2.47. The Morgan fingerprint density at radius 2 is 1.47 bits per heavy atom. The van der Waals surface area contributed by atoms with Crippen molar-refractivity contribution in [2.24, 2.45) is 0 Å². The van der Waals surface area contributed by atoms with Gasteiger partial charge >= 0.3 is 0 Å². The number of rotatable bonds is 2. The molecule has 2 aromatic heterocycles. The molecule has 0 unspecified atom stereocenters. The Morgan fingerprint density at radius 1 is 0.689 bits per heavy atom. The number of pyridine rings is 1. The Hall–Kier alpha value is -5.81. The molecule has 1 N–H and O–H groups in total. The lowest BCUT2D eigenvalue weighted by atomic mass is 9.91. The van der Waals surface area contributed by atoms with Gasteiger partial charge in [0.25, 0.3) is 0 Å². The number of fused-ring (bicyclic) bond motifs is 8. The van der Waals surface area contributed by atoms with Crippen LogP contribution in [0.1, 0.15) is 24.0 Å². The van der Waals surface area contributed by atoms with Crippen molar-refractivity contribution in [3.63, 3.8) is 0 Å². The molecule has 3 aliphatic rings. The maximum Gasteiger partial charge on any atom is 0.145 e. The highest BCUT2D eigenvalue weighted by Gasteiger charge is 2.26. The molecule has 0 amide bonds. The normalized spacial score (nSPS) is 15.5. The van der Waals surface area contributed by atoms with Crippen LogP contribution in [0, 0.1) is 0 Å². The summed E-state index contributed by atoms with van der Waals surface area (Å²) in [5.41, 5.74) is 9.68. The Morgan fingerprint density at radius 3 is 2.31 bits per heavy atom. The third-order valence-corrected chi connectivity index (χ3v) is 8.91. The minimum Gasteiger partial charge on any atom is -0.456 e. The predicted molar refractivity (Wildman–Crippen MR) is 182 cm³/mol. The molecule has 6 aromatic rings. The highest BCUT2D eigenvalue weighted by molar-refractivity contribution is 6.08. The zero-order valence-electron chi connectivity index (χ0n) is 24.5. The molecule has 216 valence electrons. The number of nitrogens with one attached hydrogen (secondary N) is 1. The largest absolute Gasteiger partial charge is 0.456 e. The SMILES string of the molecule is C1=CC(c2ccc3c(c2)Oc2ccccc2-c2ccccc2OC2=C3CCC(n3c4ccccc4c4cccnc43)=C2)=CCN1. The molecule has 5 nitrogen and oxygen atoms in total. The van der Waals surface area contributed by atoms with Gasteiger partial charge in [0.05, 0.1) is 5.52 Å². The van der Waals surface area contributed by atoms with Gasteiger partial charge in [-0.1, -0.05) is 72.8 Å². The maximum absolute atomic E-state index is 6.97. The number of ether oxygens (including phenoxy) is 2. The summed E-state index contributed by atoms with van der Waals surface area (Å²) in [4.78, 5) is 4.84. The molecule has 2 aliphatic heterocycles. The summed E-state index contributed by atoms with van der Waals surface area (Å²) in [6.45, 7) is 0.803. The minimum absolute atomic E-state index is 0.786. The number of aromatic nitrogens is 2. The van der Waals surface area contributed by atoms with Gasteiger partial charge in [0.15, 0.2) is 0 Å². The first-order valence-corrected chi connectivity index (χ1v) is 15.4. The highest BCUT2D eigenvalue weighted by atomic mass is 16.5. The van der Waals surface area contributed by atoms with E-state index in [9.17, 15) is 0 Å². The molecule has 0 radical (unpaired) electrons.